The van der Waals surface area contributed by atoms with Crippen LogP contribution in [0, 0.1) is 0 Å². The zero-order valence-electron chi connectivity index (χ0n) is 20.9. The van der Waals surface area contributed by atoms with Crippen molar-refractivity contribution >= 4 is 33.5 Å². The molecule has 0 saturated heterocycles. The lowest BCUT2D eigenvalue weighted by atomic mass is 10.2. The monoisotopic (exact) mass is 576 g/mol. The first-order valence-corrected chi connectivity index (χ1v) is 13.4. The SMILES string of the molecule is O=C(Nc1ccc(-n2nc(C3=C=C=CN=C3)cc2C(F)(F)F)cn1)c1cccc(S(=O)(=O)NCc2ccccc2)c1. The number of hydrogen-bond acceptors (Lipinski definition) is 6. The average molecular weight is 577 g/mol. The van der Waals surface area contributed by atoms with Gasteiger partial charge in [-0.25, -0.2) is 22.8 Å². The Bertz CT molecular complexity index is 1850. The number of carbonyl (C=O) groups is 1. The molecule has 0 aliphatic carbocycles. The minimum Gasteiger partial charge on any atom is -0.307 e. The van der Waals surface area contributed by atoms with E-state index < -0.39 is 27.8 Å². The Kier molecular flexibility index (Phi) is 7.52. The topological polar surface area (TPSA) is 118 Å². The summed E-state index contributed by atoms with van der Waals surface area (Å²) in [6.07, 6.45) is -0.958. The highest BCUT2D eigenvalue weighted by atomic mass is 32.2. The number of hydrogen-bond donors (Lipinski definition) is 2. The van der Waals surface area contributed by atoms with Crippen molar-refractivity contribution in [1.82, 2.24) is 19.5 Å². The maximum Gasteiger partial charge on any atom is 0.433 e. The van der Waals surface area contributed by atoms with Gasteiger partial charge in [-0.1, -0.05) is 42.1 Å². The second kappa shape index (κ2) is 11.2. The third kappa shape index (κ3) is 6.40. The number of sulfonamides is 1. The highest BCUT2D eigenvalue weighted by Gasteiger charge is 2.36. The number of nitrogens with one attached hydrogen (secondary N) is 2. The van der Waals surface area contributed by atoms with E-state index in [1.807, 2.05) is 6.07 Å². The standard InChI is InChI=1S/C28H19F3N6O3S/c29-28(30,31)25-15-24(21-9-5-13-32-17-21)36-37(25)22-11-12-26(33-18-22)35-27(38)20-8-4-10-23(14-20)41(39,40)34-16-19-6-2-1-3-7-19/h1-4,6-8,10-15,17-18,34H,16H2,(H,33,35,38). The van der Waals surface area contributed by atoms with E-state index in [2.05, 4.69) is 36.6 Å². The highest BCUT2D eigenvalue weighted by Crippen LogP contribution is 2.33. The lowest BCUT2D eigenvalue weighted by molar-refractivity contribution is -0.142. The molecule has 41 heavy (non-hydrogen) atoms. The molecule has 0 atom stereocenters. The van der Waals surface area contributed by atoms with Gasteiger partial charge in [0.1, 0.15) is 17.2 Å². The molecule has 2 N–H and O–H groups in total. The Labute approximate surface area is 232 Å². The van der Waals surface area contributed by atoms with Gasteiger partial charge in [-0.15, -0.1) is 0 Å². The third-order valence-electron chi connectivity index (χ3n) is 5.78. The fraction of sp³-hybridized carbons (Fsp3) is 0.0714. The lowest BCUT2D eigenvalue weighted by Gasteiger charge is -2.11. The zero-order valence-corrected chi connectivity index (χ0v) is 21.7. The number of allylic oxidation sites excluding steroid dienone is 1. The summed E-state index contributed by atoms with van der Waals surface area (Å²) in [5.74, 6) is -0.628. The van der Waals surface area contributed by atoms with Crippen LogP contribution >= 0.6 is 0 Å². The molecule has 9 nitrogen and oxygen atoms in total. The van der Waals surface area contributed by atoms with Gasteiger partial charge in [0.05, 0.1) is 28.6 Å². The van der Waals surface area contributed by atoms with Crippen molar-refractivity contribution in [2.75, 3.05) is 5.32 Å². The van der Waals surface area contributed by atoms with Gasteiger partial charge >= 0.3 is 6.18 Å². The van der Waals surface area contributed by atoms with E-state index in [1.165, 1.54) is 48.8 Å². The summed E-state index contributed by atoms with van der Waals surface area (Å²) in [6.45, 7) is 0.0720. The minimum absolute atomic E-state index is 0.00727. The fourth-order valence-corrected chi connectivity index (χ4v) is 4.83. The molecular formula is C28H19F3N6O3S. The van der Waals surface area contributed by atoms with Crippen LogP contribution in [-0.2, 0) is 22.7 Å². The molecule has 13 heteroatoms. The molecular weight excluding hydrogens is 557 g/mol. The van der Waals surface area contributed by atoms with Gasteiger partial charge in [0.25, 0.3) is 5.91 Å². The van der Waals surface area contributed by atoms with Gasteiger partial charge in [-0.2, -0.15) is 18.3 Å². The molecule has 2 aromatic carbocycles. The number of halogens is 3. The Balaban J connectivity index is 1.33. The van der Waals surface area contributed by atoms with Crippen molar-refractivity contribution in [2.45, 2.75) is 17.6 Å². The predicted octanol–water partition coefficient (Wildman–Crippen LogP) is 4.75. The van der Waals surface area contributed by atoms with E-state index in [9.17, 15) is 26.4 Å². The van der Waals surface area contributed by atoms with E-state index in [0.717, 1.165) is 17.8 Å². The maximum atomic E-state index is 13.7. The number of rotatable bonds is 8. The van der Waals surface area contributed by atoms with Crippen LogP contribution in [0.1, 0.15) is 27.3 Å². The van der Waals surface area contributed by atoms with E-state index in [4.69, 9.17) is 0 Å². The number of pyridine rings is 1. The molecule has 5 rings (SSSR count). The summed E-state index contributed by atoms with van der Waals surface area (Å²) in [5.41, 5.74) is 5.22. The van der Waals surface area contributed by atoms with E-state index in [1.54, 1.807) is 24.3 Å². The first kappa shape index (κ1) is 27.5. The van der Waals surface area contributed by atoms with Crippen LogP contribution in [0.2, 0.25) is 0 Å². The quantitative estimate of drug-likeness (QED) is 0.294. The van der Waals surface area contributed by atoms with Crippen LogP contribution in [0.4, 0.5) is 19.0 Å². The van der Waals surface area contributed by atoms with Crippen LogP contribution in [0.15, 0.2) is 107 Å². The molecule has 0 saturated carbocycles. The largest absolute Gasteiger partial charge is 0.433 e. The van der Waals surface area contributed by atoms with Crippen molar-refractivity contribution in [2.24, 2.45) is 4.99 Å². The van der Waals surface area contributed by atoms with Crippen LogP contribution in [0.3, 0.4) is 0 Å². The van der Waals surface area contributed by atoms with Crippen LogP contribution in [-0.4, -0.2) is 35.3 Å². The number of benzene rings is 2. The molecule has 0 bridgehead atoms. The van der Waals surface area contributed by atoms with E-state index >= 15 is 0 Å². The molecule has 0 spiro atoms. The smallest absolute Gasteiger partial charge is 0.307 e. The second-order valence-electron chi connectivity index (χ2n) is 8.61. The molecule has 1 aliphatic rings. The van der Waals surface area contributed by atoms with E-state index in [0.29, 0.717) is 4.68 Å². The molecule has 4 aromatic rings. The number of carbonyl (C=O) groups excluding carboxylic acids is 1. The summed E-state index contributed by atoms with van der Waals surface area (Å²) in [7, 11) is -3.91. The molecule has 1 amide bonds. The van der Waals surface area contributed by atoms with Crippen molar-refractivity contribution < 1.29 is 26.4 Å². The number of nitrogens with zero attached hydrogens (tertiary/aromatic N) is 4. The first-order valence-electron chi connectivity index (χ1n) is 11.9. The third-order valence-corrected chi connectivity index (χ3v) is 7.17. The summed E-state index contributed by atoms with van der Waals surface area (Å²) >= 11 is 0. The zero-order chi connectivity index (χ0) is 29.0. The second-order valence-corrected chi connectivity index (χ2v) is 10.4. The molecule has 0 fully saturated rings. The van der Waals surface area contributed by atoms with Crippen molar-refractivity contribution in [1.29, 1.82) is 0 Å². The van der Waals surface area contributed by atoms with Crippen LogP contribution < -0.4 is 10.0 Å². The lowest BCUT2D eigenvalue weighted by Crippen LogP contribution is -2.23. The summed E-state index contributed by atoms with van der Waals surface area (Å²) in [4.78, 5) is 20.6. The number of anilines is 1. The Morgan fingerprint density at radius 2 is 1.80 bits per heavy atom. The molecule has 0 radical (unpaired) electrons. The van der Waals surface area contributed by atoms with Gasteiger partial charge in [-0.05, 0) is 47.7 Å². The Morgan fingerprint density at radius 3 is 2.49 bits per heavy atom. The van der Waals surface area contributed by atoms with Gasteiger partial charge in [-0.3, -0.25) is 9.79 Å². The normalized spacial score (nSPS) is 12.8. The van der Waals surface area contributed by atoms with Gasteiger partial charge in [0.15, 0.2) is 0 Å². The Hall–Kier alpha value is -5.06. The van der Waals surface area contributed by atoms with Gasteiger partial charge in [0, 0.05) is 18.3 Å². The number of amides is 1. The Morgan fingerprint density at radius 1 is 1.00 bits per heavy atom. The van der Waals surface area contributed by atoms with Gasteiger partial charge < -0.3 is 5.32 Å². The average Bonchev–Trinajstić information content (AvgIpc) is 3.44. The summed E-state index contributed by atoms with van der Waals surface area (Å²) in [6, 6.07) is 17.8. The van der Waals surface area contributed by atoms with Crippen molar-refractivity contribution in [3.05, 3.63) is 119 Å². The number of alkyl halides is 3. The van der Waals surface area contributed by atoms with Gasteiger partial charge in [0.2, 0.25) is 10.0 Å². The summed E-state index contributed by atoms with van der Waals surface area (Å²) < 4.78 is 69.9. The highest BCUT2D eigenvalue weighted by molar-refractivity contribution is 7.89. The fourth-order valence-electron chi connectivity index (χ4n) is 3.77. The summed E-state index contributed by atoms with van der Waals surface area (Å²) in [5, 5.41) is 6.55. The first-order chi connectivity index (χ1) is 19.6. The van der Waals surface area contributed by atoms with Crippen molar-refractivity contribution in [3.8, 4) is 5.69 Å². The van der Waals surface area contributed by atoms with Crippen LogP contribution in [0.5, 0.6) is 0 Å². The molecule has 206 valence electrons. The number of aromatic nitrogens is 3. The number of aliphatic imine (C=N–C) groups is 1. The van der Waals surface area contributed by atoms with Crippen molar-refractivity contribution in [3.63, 3.8) is 0 Å². The maximum absolute atomic E-state index is 13.7. The van der Waals surface area contributed by atoms with E-state index in [-0.39, 0.29) is 39.8 Å². The molecule has 1 aliphatic heterocycles. The predicted molar refractivity (Wildman–Crippen MR) is 145 cm³/mol. The van der Waals surface area contributed by atoms with Crippen LogP contribution in [0.25, 0.3) is 11.3 Å². The molecule has 0 unspecified atom stereocenters. The molecule has 3 heterocycles. The minimum atomic E-state index is -4.72. The molecule has 2 aromatic heterocycles.